The summed E-state index contributed by atoms with van der Waals surface area (Å²) in [4.78, 5) is 10.3. The number of hydrogen-bond acceptors (Lipinski definition) is 5. The second kappa shape index (κ2) is 5.64. The Balaban J connectivity index is 2.27. The summed E-state index contributed by atoms with van der Waals surface area (Å²) in [6.45, 7) is 0.590. The fourth-order valence-electron chi connectivity index (χ4n) is 1.90. The monoisotopic (exact) mass is 200 g/mol. The van der Waals surface area contributed by atoms with Crippen molar-refractivity contribution >= 4 is 0 Å². The number of aliphatic hydroxyl groups is 1. The molecule has 0 aromatic rings. The molecule has 6 heteroatoms. The highest BCUT2D eigenvalue weighted by molar-refractivity contribution is 4.84. The molecule has 0 aromatic carbocycles. The fourth-order valence-corrected chi connectivity index (χ4v) is 1.90. The van der Waals surface area contributed by atoms with Crippen LogP contribution in [0.15, 0.2) is 15.5 Å². The minimum absolute atomic E-state index is 0.411. The molecule has 14 heavy (non-hydrogen) atoms. The zero-order valence-electron chi connectivity index (χ0n) is 8.04. The summed E-state index contributed by atoms with van der Waals surface area (Å²) in [7, 11) is 0. The highest BCUT2D eigenvalue weighted by Crippen LogP contribution is 2.28. The normalized spacial score (nSPS) is 33.4. The van der Waals surface area contributed by atoms with Gasteiger partial charge in [0.1, 0.15) is 6.04 Å². The fraction of sp³-hybridized carbons (Fsp3) is 1.00. The van der Waals surface area contributed by atoms with E-state index in [0.29, 0.717) is 25.3 Å². The molecule has 0 amide bonds. The molecule has 80 valence electrons. The van der Waals surface area contributed by atoms with Gasteiger partial charge in [-0.3, -0.25) is 0 Å². The third-order valence-electron chi connectivity index (χ3n) is 2.74. The third kappa shape index (κ3) is 3.02. The molecule has 3 atom stereocenters. The summed E-state index contributed by atoms with van der Waals surface area (Å²) in [5.41, 5.74) is 0. The summed E-state index contributed by atoms with van der Waals surface area (Å²) in [5, 5.41) is 19.3. The van der Waals surface area contributed by atoms with E-state index in [1.807, 2.05) is 0 Å². The Bertz CT molecular complexity index is 210. The van der Waals surface area contributed by atoms with Crippen LogP contribution in [0.1, 0.15) is 25.7 Å². The second-order valence-electron chi connectivity index (χ2n) is 3.69. The molecule has 3 unspecified atom stereocenters. The van der Waals surface area contributed by atoms with E-state index in [2.05, 4.69) is 15.5 Å². The van der Waals surface area contributed by atoms with Crippen LogP contribution in [0.4, 0.5) is 0 Å². The van der Waals surface area contributed by atoms with Gasteiger partial charge in [0.05, 0.1) is 12.6 Å². The smallest absolute Gasteiger partial charge is 0.118 e. The molecule has 0 spiro atoms. The van der Waals surface area contributed by atoms with Crippen molar-refractivity contribution in [3.05, 3.63) is 4.91 Å². The minimum Gasteiger partial charge on any atom is -0.391 e. The molecule has 0 aromatic heterocycles. The Morgan fingerprint density at radius 2 is 2.21 bits per heavy atom. The van der Waals surface area contributed by atoms with Crippen LogP contribution in [0.25, 0.3) is 0 Å². The van der Waals surface area contributed by atoms with E-state index in [0.717, 1.165) is 12.8 Å². The van der Waals surface area contributed by atoms with Crippen molar-refractivity contribution in [2.24, 2.45) is 27.3 Å². The molecule has 3 N–H and O–H groups in total. The molecule has 0 bridgehead atoms. The largest absolute Gasteiger partial charge is 0.391 e. The van der Waals surface area contributed by atoms with Gasteiger partial charge in [0.25, 0.3) is 0 Å². The maximum atomic E-state index is 10.3. The van der Waals surface area contributed by atoms with Crippen LogP contribution in [0, 0.1) is 10.8 Å². The number of nitrogens with zero attached hydrogens (tertiary/aromatic N) is 3. The number of aliphatic hydroxyl groups excluding tert-OH is 1. The van der Waals surface area contributed by atoms with Crippen LogP contribution in [0.3, 0.4) is 0 Å². The summed E-state index contributed by atoms with van der Waals surface area (Å²) >= 11 is 0. The van der Waals surface area contributed by atoms with E-state index in [4.69, 9.17) is 5.84 Å². The van der Waals surface area contributed by atoms with E-state index < -0.39 is 12.1 Å². The molecule has 1 fully saturated rings. The molecule has 0 radical (unpaired) electrons. The van der Waals surface area contributed by atoms with Crippen LogP contribution in [-0.4, -0.2) is 23.8 Å². The molecular weight excluding hydrogens is 184 g/mol. The molecular formula is C8H16N4O2. The number of nitrogens with two attached hydrogens (primary N) is 1. The van der Waals surface area contributed by atoms with Gasteiger partial charge >= 0.3 is 0 Å². The van der Waals surface area contributed by atoms with Crippen LogP contribution in [0.2, 0.25) is 0 Å². The average Bonchev–Trinajstić information content (AvgIpc) is 2.18. The van der Waals surface area contributed by atoms with Crippen LogP contribution in [0.5, 0.6) is 0 Å². The first-order chi connectivity index (χ1) is 6.77. The predicted octanol–water partition coefficient (Wildman–Crippen LogP) is 0.998. The number of nitroso groups, excluding NO2 is 1. The van der Waals surface area contributed by atoms with E-state index in [1.165, 1.54) is 0 Å². The molecule has 1 rings (SSSR count). The summed E-state index contributed by atoms with van der Waals surface area (Å²) in [6, 6.07) is -0.414. The molecule has 0 aliphatic heterocycles. The molecule has 1 saturated carbocycles. The number of hydrogen-bond donors (Lipinski definition) is 2. The zero-order chi connectivity index (χ0) is 10.4. The van der Waals surface area contributed by atoms with E-state index >= 15 is 0 Å². The van der Waals surface area contributed by atoms with Gasteiger partial charge in [0.15, 0.2) is 0 Å². The first-order valence-corrected chi connectivity index (χ1v) is 4.85. The van der Waals surface area contributed by atoms with Gasteiger partial charge in [-0.15, -0.1) is 0 Å². The first-order valence-electron chi connectivity index (χ1n) is 4.85. The quantitative estimate of drug-likeness (QED) is 0.306. The Morgan fingerprint density at radius 1 is 1.43 bits per heavy atom. The van der Waals surface area contributed by atoms with Gasteiger partial charge in [0.2, 0.25) is 0 Å². The van der Waals surface area contributed by atoms with Crippen molar-refractivity contribution in [3.63, 3.8) is 0 Å². The van der Waals surface area contributed by atoms with Gasteiger partial charge in [0, 0.05) is 0 Å². The van der Waals surface area contributed by atoms with Crippen molar-refractivity contribution in [2.45, 2.75) is 37.8 Å². The van der Waals surface area contributed by atoms with E-state index in [-0.39, 0.29) is 0 Å². The van der Waals surface area contributed by atoms with Crippen LogP contribution in [-0.2, 0) is 0 Å². The lowest BCUT2D eigenvalue weighted by Gasteiger charge is -2.28. The van der Waals surface area contributed by atoms with Gasteiger partial charge < -0.3 is 10.9 Å². The Labute approximate surface area is 82.5 Å². The number of rotatable bonds is 4. The van der Waals surface area contributed by atoms with Crippen molar-refractivity contribution in [1.29, 1.82) is 0 Å². The van der Waals surface area contributed by atoms with Crippen LogP contribution < -0.4 is 5.84 Å². The van der Waals surface area contributed by atoms with Gasteiger partial charge in [-0.2, -0.15) is 10.0 Å². The maximum absolute atomic E-state index is 10.3. The van der Waals surface area contributed by atoms with Crippen LogP contribution >= 0.6 is 0 Å². The first kappa shape index (κ1) is 11.0. The van der Waals surface area contributed by atoms with Gasteiger partial charge in [-0.25, -0.2) is 0 Å². The molecule has 1 aliphatic carbocycles. The van der Waals surface area contributed by atoms with Gasteiger partial charge in [-0.05, 0) is 31.6 Å². The van der Waals surface area contributed by atoms with Crippen molar-refractivity contribution < 1.29 is 5.11 Å². The van der Waals surface area contributed by atoms with E-state index in [9.17, 15) is 10.0 Å². The summed E-state index contributed by atoms with van der Waals surface area (Å²) < 4.78 is 0. The molecule has 0 saturated heterocycles. The summed E-state index contributed by atoms with van der Waals surface area (Å²) in [5.74, 6) is 5.28. The molecule has 6 nitrogen and oxygen atoms in total. The highest BCUT2D eigenvalue weighted by Gasteiger charge is 2.29. The molecule has 1 aliphatic rings. The third-order valence-corrected chi connectivity index (χ3v) is 2.74. The Hall–Kier alpha value is -1.04. The summed E-state index contributed by atoms with van der Waals surface area (Å²) in [6.07, 6.45) is 2.52. The predicted molar refractivity (Wildman–Crippen MR) is 51.5 cm³/mol. The lowest BCUT2D eigenvalue weighted by Crippen LogP contribution is -2.32. The van der Waals surface area contributed by atoms with Crippen molar-refractivity contribution in [3.8, 4) is 0 Å². The lowest BCUT2D eigenvalue weighted by atomic mass is 9.82. The average molecular weight is 200 g/mol. The lowest BCUT2D eigenvalue weighted by molar-refractivity contribution is 0.0793. The van der Waals surface area contributed by atoms with Crippen molar-refractivity contribution in [1.82, 2.24) is 0 Å². The Kier molecular flexibility index (Phi) is 4.45. The molecule has 0 heterocycles. The van der Waals surface area contributed by atoms with Gasteiger partial charge in [-0.1, -0.05) is 10.4 Å². The highest BCUT2D eigenvalue weighted by atomic mass is 16.3. The SMILES string of the molecule is NN=NCCC1CCC(N=O)C(O)C1. The standard InChI is InChI=1S/C8H16N4O2/c9-12-10-4-3-6-1-2-7(11-14)8(13)5-6/h6-8,13H,1-5H2,(H2,9,10). The second-order valence-corrected chi connectivity index (χ2v) is 3.69. The minimum atomic E-state index is -0.582. The maximum Gasteiger partial charge on any atom is 0.118 e. The van der Waals surface area contributed by atoms with E-state index in [1.54, 1.807) is 0 Å². The Morgan fingerprint density at radius 3 is 2.79 bits per heavy atom. The topological polar surface area (TPSA) is 100 Å². The zero-order valence-corrected chi connectivity index (χ0v) is 8.04. The van der Waals surface area contributed by atoms with Crippen molar-refractivity contribution in [2.75, 3.05) is 6.54 Å².